The molecule has 16 aromatic carbocycles. The van der Waals surface area contributed by atoms with Crippen LogP contribution in [0.3, 0.4) is 0 Å². The molecule has 0 amide bonds. The minimum Gasteiger partial charge on any atom is -0.334 e. The maximum absolute atomic E-state index is 2.86. The molecule has 6 nitrogen and oxygen atoms in total. The third-order valence-electron chi connectivity index (χ3n) is 35.4. The molecular formula is C135H136B2N6. The van der Waals surface area contributed by atoms with Crippen LogP contribution in [0.5, 0.6) is 0 Å². The molecule has 2 saturated carbocycles. The third-order valence-corrected chi connectivity index (χ3v) is 35.4. The van der Waals surface area contributed by atoms with Crippen LogP contribution in [0.2, 0.25) is 0 Å². The maximum Gasteiger partial charge on any atom is 0.252 e. The molecule has 712 valence electrons. The summed E-state index contributed by atoms with van der Waals surface area (Å²) in [5.74, 6) is 0. The molecular weight excluding hydrogens is 1730 g/mol. The predicted molar refractivity (Wildman–Crippen MR) is 614 cm³/mol. The van der Waals surface area contributed by atoms with E-state index in [2.05, 4.69) is 521 Å². The van der Waals surface area contributed by atoms with E-state index in [-0.39, 0.29) is 67.8 Å². The van der Waals surface area contributed by atoms with Crippen molar-refractivity contribution < 1.29 is 0 Å². The molecule has 4 atom stereocenters. The molecule has 6 heterocycles. The second-order valence-electron chi connectivity index (χ2n) is 49.8. The summed E-state index contributed by atoms with van der Waals surface area (Å²) in [5.41, 5.74) is 48.1. The Balaban J connectivity index is 0.646. The summed E-state index contributed by atoms with van der Waals surface area (Å²) in [4.78, 5) is 16.3. The summed E-state index contributed by atoms with van der Waals surface area (Å²) < 4.78 is 0. The first-order valence-electron chi connectivity index (χ1n) is 53.0. The highest BCUT2D eigenvalue weighted by Gasteiger charge is 2.64. The van der Waals surface area contributed by atoms with Crippen molar-refractivity contribution in [3.05, 3.63) is 396 Å². The summed E-state index contributed by atoms with van der Waals surface area (Å²) in [6.45, 7) is 50.7. The van der Waals surface area contributed by atoms with Gasteiger partial charge in [-0.15, -0.1) is 0 Å². The van der Waals surface area contributed by atoms with Gasteiger partial charge in [0.2, 0.25) is 0 Å². The van der Waals surface area contributed by atoms with Crippen LogP contribution in [-0.2, 0) is 49.7 Å². The number of nitrogens with zero attached hydrogens (tertiary/aromatic N) is 6. The van der Waals surface area contributed by atoms with Crippen molar-refractivity contribution in [2.45, 2.75) is 251 Å². The molecule has 2 fully saturated rings. The largest absolute Gasteiger partial charge is 0.334 e. The van der Waals surface area contributed by atoms with E-state index in [9.17, 15) is 0 Å². The summed E-state index contributed by atoms with van der Waals surface area (Å²) in [6.07, 6.45) is 8.89. The number of hydrogen-bond donors (Lipinski definition) is 0. The van der Waals surface area contributed by atoms with Gasteiger partial charge in [-0.05, 0) is 315 Å². The van der Waals surface area contributed by atoms with Gasteiger partial charge in [-0.2, -0.15) is 0 Å². The molecule has 0 N–H and O–H groups in total. The number of anilines is 16. The smallest absolute Gasteiger partial charge is 0.252 e. The normalized spacial score (nSPS) is 19.2. The molecule has 0 radical (unpaired) electrons. The Labute approximate surface area is 852 Å². The van der Waals surface area contributed by atoms with E-state index in [1.807, 2.05) is 0 Å². The lowest BCUT2D eigenvalue weighted by atomic mass is 9.33. The molecule has 2 aliphatic carbocycles. The van der Waals surface area contributed by atoms with E-state index in [1.54, 1.807) is 0 Å². The van der Waals surface area contributed by atoms with Gasteiger partial charge < -0.3 is 29.4 Å². The lowest BCUT2D eigenvalue weighted by molar-refractivity contribution is 0.133. The quantitative estimate of drug-likeness (QED) is 0.106. The first kappa shape index (κ1) is 91.9. The van der Waals surface area contributed by atoms with Crippen LogP contribution in [-0.4, -0.2) is 24.5 Å². The van der Waals surface area contributed by atoms with Gasteiger partial charge in [-0.1, -0.05) is 387 Å². The average Bonchev–Trinajstić information content (AvgIpc) is 1.39. The van der Waals surface area contributed by atoms with Crippen molar-refractivity contribution in [3.8, 4) is 44.5 Å². The maximum atomic E-state index is 2.86. The predicted octanol–water partition coefficient (Wildman–Crippen LogP) is 32.6. The van der Waals surface area contributed by atoms with Gasteiger partial charge in [0, 0.05) is 102 Å². The van der Waals surface area contributed by atoms with E-state index in [4.69, 9.17) is 0 Å². The Morgan fingerprint density at radius 2 is 0.517 bits per heavy atom. The van der Waals surface area contributed by atoms with Crippen molar-refractivity contribution in [1.29, 1.82) is 0 Å². The van der Waals surface area contributed by atoms with Crippen molar-refractivity contribution in [1.82, 2.24) is 0 Å². The summed E-state index contributed by atoms with van der Waals surface area (Å²) >= 11 is 0. The van der Waals surface area contributed by atoms with Crippen LogP contribution in [0.15, 0.2) is 346 Å². The first-order valence-corrected chi connectivity index (χ1v) is 53.0. The van der Waals surface area contributed by atoms with E-state index in [0.29, 0.717) is 0 Å². The van der Waals surface area contributed by atoms with Crippen molar-refractivity contribution in [2.24, 2.45) is 0 Å². The highest BCUT2D eigenvalue weighted by molar-refractivity contribution is 7.01. The number of benzene rings is 16. The van der Waals surface area contributed by atoms with Gasteiger partial charge in [0.15, 0.2) is 0 Å². The Morgan fingerprint density at radius 1 is 0.224 bits per heavy atom. The van der Waals surface area contributed by atoms with Gasteiger partial charge >= 0.3 is 0 Å². The Bertz CT molecular complexity index is 7780. The van der Waals surface area contributed by atoms with Crippen LogP contribution in [0, 0.1) is 0 Å². The van der Waals surface area contributed by atoms with E-state index >= 15 is 0 Å². The SMILES string of the molecule is CC(C)(C)c1ccc(N2c3ccc(C(C)(C)C)cc3B3c4cc(-c5cccc(CC(C)(C)c6ccc7c(c6)C6(C)CCC6(C)N7c6cc7c8c(c6)N(c6ccc(C(C)(C)C)cc6)c6ccc(C(C)(C)C)cc6B8c6cc(-c8ccccc8)ccc6N7c6ccc(-c7ccccc7)cc6)c5)ccc4N(c4ccc(-c5ccccc5)cc4)c4cc(N5c6ccc(C(C)(C)C)cc6C6(C)CCCCCC56C)cc2c43)cc1. The molecule has 24 rings (SSSR count). The van der Waals surface area contributed by atoms with Crippen molar-refractivity contribution in [2.75, 3.05) is 29.4 Å². The van der Waals surface area contributed by atoms with Gasteiger partial charge in [0.05, 0.1) is 11.1 Å². The zero-order valence-electron chi connectivity index (χ0n) is 87.9. The van der Waals surface area contributed by atoms with Gasteiger partial charge in [-0.3, -0.25) is 0 Å². The van der Waals surface area contributed by atoms with Crippen LogP contribution in [0.4, 0.5) is 91.0 Å². The van der Waals surface area contributed by atoms with E-state index in [1.165, 1.54) is 215 Å². The highest BCUT2D eigenvalue weighted by Crippen LogP contribution is 2.68. The monoisotopic (exact) mass is 1860 g/mol. The van der Waals surface area contributed by atoms with Crippen LogP contribution < -0.4 is 62.2 Å². The number of fused-ring (bicyclic) bond motifs is 14. The van der Waals surface area contributed by atoms with Gasteiger partial charge in [0.1, 0.15) is 0 Å². The van der Waals surface area contributed by atoms with Crippen molar-refractivity contribution in [3.63, 3.8) is 0 Å². The van der Waals surface area contributed by atoms with Gasteiger partial charge in [-0.25, -0.2) is 0 Å². The summed E-state index contributed by atoms with van der Waals surface area (Å²) in [6, 6.07) is 136. The average molecular weight is 1860 g/mol. The fourth-order valence-electron chi connectivity index (χ4n) is 26.5. The molecule has 0 bridgehead atoms. The standard InChI is InChI=1S/C135H136B2N6/c1-126(2,3)96-49-61-104(62-50-96)140-119-70-55-100(130(13,14)15)81-113(119)137-111-77-95(48-66-117(111)139(103-59-45-92(46-60-103)89-38-28-23-29-39-89)120-82-106(83-122(140)125(120)137)142-114-67-53-98(128(7,8)9)78-108(114)132(18)71-32-25-33-72-134(132,142)20)93-42-34-35-87(75-93)86-131(16,17)101-56-68-115-109(79-101)133(19)73-74-135(133,21)143(115)107-84-121-124-123(85-107)141(105-63-51-97(52-64-105)127(4,5)6)118-69-54-99(129(10,11)12)80-112(118)136(124)110-76-94(90-40-30-24-31-41-90)47-65-116(110)138(121)102-57-43-91(44-58-102)88-36-26-22-27-37-88/h22-24,26-31,34-70,75-85H,25,32-33,71-74,86H2,1-21H3. The minimum absolute atomic E-state index is 0.00862. The van der Waals surface area contributed by atoms with Crippen LogP contribution >= 0.6 is 0 Å². The Kier molecular flexibility index (Phi) is 21.0. The number of hydrogen-bond acceptors (Lipinski definition) is 6. The summed E-state index contributed by atoms with van der Waals surface area (Å²) in [7, 11) is 0. The topological polar surface area (TPSA) is 19.4 Å². The van der Waals surface area contributed by atoms with Crippen molar-refractivity contribution >= 4 is 137 Å². The fraction of sp³-hybridized carbons (Fsp3) is 0.289. The van der Waals surface area contributed by atoms with E-state index < -0.39 is 0 Å². The molecule has 6 aliphatic heterocycles. The lowest BCUT2D eigenvalue weighted by Gasteiger charge is -2.56. The Morgan fingerprint density at radius 3 is 0.909 bits per heavy atom. The highest BCUT2D eigenvalue weighted by atomic mass is 15.3. The van der Waals surface area contributed by atoms with E-state index in [0.717, 1.165) is 54.9 Å². The molecule has 8 aliphatic rings. The molecule has 0 saturated heterocycles. The molecule has 0 aromatic heterocycles. The van der Waals surface area contributed by atoms with Gasteiger partial charge in [0.25, 0.3) is 13.4 Å². The fourth-order valence-corrected chi connectivity index (χ4v) is 26.5. The minimum atomic E-state index is -0.268. The third kappa shape index (κ3) is 14.6. The molecule has 0 spiro atoms. The van der Waals surface area contributed by atoms with Crippen LogP contribution in [0.25, 0.3) is 44.5 Å². The molecule has 8 heteroatoms. The zero-order valence-corrected chi connectivity index (χ0v) is 87.9. The van der Waals surface area contributed by atoms with Crippen LogP contribution in [0.1, 0.15) is 240 Å². The second-order valence-corrected chi connectivity index (χ2v) is 49.8. The molecule has 16 aromatic rings. The summed E-state index contributed by atoms with van der Waals surface area (Å²) in [5, 5.41) is 0. The Hall–Kier alpha value is -13.6. The molecule has 4 unspecified atom stereocenters. The number of rotatable bonds is 13. The lowest BCUT2D eigenvalue weighted by Crippen LogP contribution is -2.62. The first-order chi connectivity index (χ1) is 68.2. The second kappa shape index (κ2) is 32.7. The zero-order chi connectivity index (χ0) is 99.1. The molecule has 143 heavy (non-hydrogen) atoms.